The van der Waals surface area contributed by atoms with Crippen molar-refractivity contribution in [1.82, 2.24) is 5.32 Å². The SMILES string of the molecule is CCCCCC(NCCC)C1(c2ccccc2)CCC1. The second kappa shape index (κ2) is 7.83. The van der Waals surface area contributed by atoms with Crippen molar-refractivity contribution in [1.29, 1.82) is 0 Å². The van der Waals surface area contributed by atoms with E-state index in [-0.39, 0.29) is 0 Å². The highest BCUT2D eigenvalue weighted by Gasteiger charge is 2.44. The molecule has 1 saturated carbocycles. The summed E-state index contributed by atoms with van der Waals surface area (Å²) in [6, 6.07) is 11.9. The lowest BCUT2D eigenvalue weighted by Gasteiger charge is -2.49. The Hall–Kier alpha value is -0.820. The Kier molecular flexibility index (Phi) is 6.09. The van der Waals surface area contributed by atoms with Crippen molar-refractivity contribution < 1.29 is 0 Å². The van der Waals surface area contributed by atoms with Crippen molar-refractivity contribution in [2.75, 3.05) is 6.54 Å². The molecule has 0 aliphatic heterocycles. The van der Waals surface area contributed by atoms with Gasteiger partial charge < -0.3 is 5.32 Å². The Morgan fingerprint density at radius 3 is 2.35 bits per heavy atom. The van der Waals surface area contributed by atoms with Crippen molar-refractivity contribution in [3.05, 3.63) is 35.9 Å². The van der Waals surface area contributed by atoms with Crippen LogP contribution in [0.25, 0.3) is 0 Å². The largest absolute Gasteiger partial charge is 0.313 e. The van der Waals surface area contributed by atoms with Crippen LogP contribution in [0, 0.1) is 0 Å². The number of hydrogen-bond donors (Lipinski definition) is 1. The topological polar surface area (TPSA) is 12.0 Å². The van der Waals surface area contributed by atoms with Gasteiger partial charge in [-0.1, -0.05) is 69.9 Å². The highest BCUT2D eigenvalue weighted by atomic mass is 14.9. The highest BCUT2D eigenvalue weighted by molar-refractivity contribution is 5.30. The third kappa shape index (κ3) is 3.44. The number of nitrogens with one attached hydrogen (secondary N) is 1. The molecule has 0 aromatic heterocycles. The van der Waals surface area contributed by atoms with Crippen LogP contribution in [0.5, 0.6) is 0 Å². The predicted molar refractivity (Wildman–Crippen MR) is 88.2 cm³/mol. The van der Waals surface area contributed by atoms with E-state index < -0.39 is 0 Å². The van der Waals surface area contributed by atoms with Gasteiger partial charge in [-0.05, 0) is 37.8 Å². The molecular weight excluding hydrogens is 242 g/mol. The van der Waals surface area contributed by atoms with E-state index in [2.05, 4.69) is 49.5 Å². The predicted octanol–water partition coefficient (Wildman–Crippen LogP) is 5.06. The van der Waals surface area contributed by atoms with Crippen molar-refractivity contribution in [3.8, 4) is 0 Å². The first-order valence-corrected chi connectivity index (χ1v) is 8.62. The van der Waals surface area contributed by atoms with Gasteiger partial charge in [0.2, 0.25) is 0 Å². The molecule has 0 spiro atoms. The standard InChI is InChI=1S/C19H31N/c1-3-5-7-13-18(20-16-4-2)19(14-10-15-19)17-11-8-6-9-12-17/h6,8-9,11-12,18,20H,3-5,7,10,13-16H2,1-2H3. The zero-order chi connectivity index (χ0) is 14.3. The van der Waals surface area contributed by atoms with Gasteiger partial charge in [0.15, 0.2) is 0 Å². The lowest BCUT2D eigenvalue weighted by molar-refractivity contribution is 0.159. The highest BCUT2D eigenvalue weighted by Crippen LogP contribution is 2.47. The Bertz CT molecular complexity index is 367. The maximum absolute atomic E-state index is 3.87. The zero-order valence-corrected chi connectivity index (χ0v) is 13.3. The molecule has 1 aromatic carbocycles. The summed E-state index contributed by atoms with van der Waals surface area (Å²) >= 11 is 0. The van der Waals surface area contributed by atoms with Crippen LogP contribution in [-0.4, -0.2) is 12.6 Å². The Morgan fingerprint density at radius 1 is 1.05 bits per heavy atom. The minimum Gasteiger partial charge on any atom is -0.313 e. The van der Waals surface area contributed by atoms with Crippen molar-refractivity contribution >= 4 is 0 Å². The second-order valence-corrected chi connectivity index (χ2v) is 6.38. The normalized spacial score (nSPS) is 18.5. The van der Waals surface area contributed by atoms with Gasteiger partial charge in [-0.15, -0.1) is 0 Å². The maximum atomic E-state index is 3.87. The molecule has 1 aliphatic rings. The van der Waals surface area contributed by atoms with Gasteiger partial charge in [0, 0.05) is 11.5 Å². The van der Waals surface area contributed by atoms with Gasteiger partial charge in [-0.3, -0.25) is 0 Å². The average molecular weight is 273 g/mol. The molecule has 0 bridgehead atoms. The molecule has 1 fully saturated rings. The van der Waals surface area contributed by atoms with Crippen LogP contribution in [0.4, 0.5) is 0 Å². The molecule has 0 saturated heterocycles. The molecule has 1 aliphatic carbocycles. The first kappa shape index (κ1) is 15.6. The van der Waals surface area contributed by atoms with E-state index in [4.69, 9.17) is 0 Å². The first-order valence-electron chi connectivity index (χ1n) is 8.62. The summed E-state index contributed by atoms with van der Waals surface area (Å²) in [5.41, 5.74) is 1.99. The fraction of sp³-hybridized carbons (Fsp3) is 0.684. The molecule has 0 heterocycles. The van der Waals surface area contributed by atoms with Crippen LogP contribution in [-0.2, 0) is 5.41 Å². The summed E-state index contributed by atoms with van der Waals surface area (Å²) in [4.78, 5) is 0. The smallest absolute Gasteiger partial charge is 0.0164 e. The van der Waals surface area contributed by atoms with E-state index in [9.17, 15) is 0 Å². The average Bonchev–Trinajstić information content (AvgIpc) is 2.44. The fourth-order valence-corrected chi connectivity index (χ4v) is 3.66. The van der Waals surface area contributed by atoms with Gasteiger partial charge in [-0.2, -0.15) is 0 Å². The molecule has 1 heteroatoms. The molecule has 112 valence electrons. The van der Waals surface area contributed by atoms with Crippen molar-refractivity contribution in [2.45, 2.75) is 76.7 Å². The summed E-state index contributed by atoms with van der Waals surface area (Å²) in [6.07, 6.45) is 10.8. The molecular formula is C19H31N. The van der Waals surface area contributed by atoms with E-state index >= 15 is 0 Å². The molecule has 1 nitrogen and oxygen atoms in total. The van der Waals surface area contributed by atoms with Crippen molar-refractivity contribution in [2.24, 2.45) is 0 Å². The van der Waals surface area contributed by atoms with E-state index in [1.807, 2.05) is 0 Å². The third-order valence-corrected chi connectivity index (χ3v) is 5.00. The number of benzene rings is 1. The summed E-state index contributed by atoms with van der Waals surface area (Å²) in [5.74, 6) is 0. The van der Waals surface area contributed by atoms with Crippen LogP contribution < -0.4 is 5.32 Å². The number of hydrogen-bond acceptors (Lipinski definition) is 1. The minimum atomic E-state index is 0.421. The van der Waals surface area contributed by atoms with E-state index in [0.29, 0.717) is 11.5 Å². The first-order chi connectivity index (χ1) is 9.83. The molecule has 1 N–H and O–H groups in total. The maximum Gasteiger partial charge on any atom is 0.0164 e. The Balaban J connectivity index is 2.11. The zero-order valence-electron chi connectivity index (χ0n) is 13.3. The number of unbranched alkanes of at least 4 members (excludes halogenated alkanes) is 2. The van der Waals surface area contributed by atoms with Crippen LogP contribution in [0.2, 0.25) is 0 Å². The van der Waals surface area contributed by atoms with Gasteiger partial charge >= 0.3 is 0 Å². The molecule has 20 heavy (non-hydrogen) atoms. The van der Waals surface area contributed by atoms with E-state index in [1.165, 1.54) is 51.4 Å². The van der Waals surface area contributed by atoms with Gasteiger partial charge in [0.1, 0.15) is 0 Å². The summed E-state index contributed by atoms with van der Waals surface area (Å²) in [6.45, 7) is 5.72. The minimum absolute atomic E-state index is 0.421. The van der Waals surface area contributed by atoms with Gasteiger partial charge in [-0.25, -0.2) is 0 Å². The molecule has 0 amide bonds. The van der Waals surface area contributed by atoms with Crippen LogP contribution in [0.3, 0.4) is 0 Å². The quantitative estimate of drug-likeness (QED) is 0.620. The lowest BCUT2D eigenvalue weighted by Crippen LogP contribution is -2.53. The van der Waals surface area contributed by atoms with Crippen molar-refractivity contribution in [3.63, 3.8) is 0 Å². The summed E-state index contributed by atoms with van der Waals surface area (Å²) in [7, 11) is 0. The molecule has 0 radical (unpaired) electrons. The summed E-state index contributed by atoms with van der Waals surface area (Å²) in [5, 5.41) is 3.87. The van der Waals surface area contributed by atoms with Gasteiger partial charge in [0.25, 0.3) is 0 Å². The van der Waals surface area contributed by atoms with E-state index in [0.717, 1.165) is 6.54 Å². The molecule has 2 rings (SSSR count). The number of rotatable bonds is 9. The van der Waals surface area contributed by atoms with E-state index in [1.54, 1.807) is 5.56 Å². The van der Waals surface area contributed by atoms with Crippen LogP contribution in [0.15, 0.2) is 30.3 Å². The van der Waals surface area contributed by atoms with Gasteiger partial charge in [0.05, 0.1) is 0 Å². The molecule has 1 atom stereocenters. The van der Waals surface area contributed by atoms with Crippen LogP contribution >= 0.6 is 0 Å². The molecule has 1 aromatic rings. The van der Waals surface area contributed by atoms with Crippen LogP contribution in [0.1, 0.15) is 70.8 Å². The fourth-order valence-electron chi connectivity index (χ4n) is 3.66. The second-order valence-electron chi connectivity index (χ2n) is 6.38. The summed E-state index contributed by atoms with van der Waals surface area (Å²) < 4.78 is 0. The monoisotopic (exact) mass is 273 g/mol. The third-order valence-electron chi connectivity index (χ3n) is 5.00. The molecule has 1 unspecified atom stereocenters. The lowest BCUT2D eigenvalue weighted by atomic mass is 9.59. The Morgan fingerprint density at radius 2 is 1.80 bits per heavy atom. The Labute approximate surface area is 125 Å².